The number of aromatic nitrogens is 10. The fourth-order valence-electron chi connectivity index (χ4n) is 11.8. The molecule has 6 aromatic heterocycles. The van der Waals surface area contributed by atoms with Crippen LogP contribution in [0.4, 0.5) is 0 Å². The van der Waals surface area contributed by atoms with Crippen LogP contribution in [0.15, 0.2) is 109 Å². The van der Waals surface area contributed by atoms with E-state index >= 15 is 0 Å². The third-order valence-corrected chi connectivity index (χ3v) is 16.1. The summed E-state index contributed by atoms with van der Waals surface area (Å²) in [5, 5.41) is 42.3. The molecule has 0 spiro atoms. The first-order valence-corrected chi connectivity index (χ1v) is 26.9. The van der Waals surface area contributed by atoms with E-state index in [0.29, 0.717) is 21.9 Å². The van der Waals surface area contributed by atoms with Gasteiger partial charge in [-0.15, -0.1) is 10.2 Å². The summed E-state index contributed by atoms with van der Waals surface area (Å²) in [6.07, 6.45) is 7.64. The molecule has 12 rings (SSSR count). The molecule has 2 atom stereocenters. The van der Waals surface area contributed by atoms with Crippen molar-refractivity contribution in [1.82, 2.24) is 49.1 Å². The molecule has 76 heavy (non-hydrogen) atoms. The van der Waals surface area contributed by atoms with E-state index in [2.05, 4.69) is 90.4 Å². The highest BCUT2D eigenvalue weighted by molar-refractivity contribution is 6.30. The maximum atomic E-state index is 10.9. The summed E-state index contributed by atoms with van der Waals surface area (Å²) in [5.41, 5.74) is 13.8. The van der Waals surface area contributed by atoms with E-state index in [9.17, 15) is 10.2 Å². The number of fused-ring (bicyclic) bond motifs is 6. The van der Waals surface area contributed by atoms with E-state index in [4.69, 9.17) is 42.6 Å². The number of hydrogen-bond acceptors (Lipinski definition) is 10. The van der Waals surface area contributed by atoms with Crippen molar-refractivity contribution in [1.29, 1.82) is 0 Å². The second-order valence-corrected chi connectivity index (χ2v) is 22.6. The van der Waals surface area contributed by atoms with Crippen molar-refractivity contribution >= 4 is 67.1 Å². The van der Waals surface area contributed by atoms with Crippen LogP contribution in [-0.2, 0) is 34.8 Å². The predicted molar refractivity (Wildman–Crippen MR) is 301 cm³/mol. The van der Waals surface area contributed by atoms with Crippen molar-refractivity contribution in [2.75, 3.05) is 26.4 Å². The number of aryl methyl sites for hydroxylation is 4. The summed E-state index contributed by atoms with van der Waals surface area (Å²) in [4.78, 5) is 9.99. The van der Waals surface area contributed by atoms with Crippen LogP contribution in [0.25, 0.3) is 66.4 Å². The summed E-state index contributed by atoms with van der Waals surface area (Å²) in [6.45, 7) is 14.2. The molecule has 0 amide bonds. The van der Waals surface area contributed by atoms with Crippen molar-refractivity contribution in [3.05, 3.63) is 153 Å². The topological polar surface area (TPSA) is 156 Å². The number of rotatable bonds is 10. The number of aliphatic hydroxyl groups is 2. The second kappa shape index (κ2) is 20.5. The molecule has 16 heteroatoms. The number of nitrogens with zero attached hydrogens (tertiary/aromatic N) is 10. The van der Waals surface area contributed by atoms with Gasteiger partial charge in [-0.3, -0.25) is 9.97 Å². The van der Waals surface area contributed by atoms with Crippen LogP contribution in [0.5, 0.6) is 0 Å². The summed E-state index contributed by atoms with van der Waals surface area (Å²) in [6, 6.07) is 33.3. The Morgan fingerprint density at radius 2 is 0.895 bits per heavy atom. The monoisotopic (exact) mass is 1060 g/mol. The molecule has 2 aliphatic heterocycles. The zero-order chi connectivity index (χ0) is 53.2. The van der Waals surface area contributed by atoms with Gasteiger partial charge in [0.15, 0.2) is 0 Å². The van der Waals surface area contributed by atoms with Gasteiger partial charge >= 0.3 is 0 Å². The Balaban J connectivity index is 0.000000162. The van der Waals surface area contributed by atoms with Gasteiger partial charge in [0.2, 0.25) is 0 Å². The average Bonchev–Trinajstić information content (AvgIpc) is 4.24. The number of benzene rings is 4. The van der Waals surface area contributed by atoms with Crippen molar-refractivity contribution in [2.24, 2.45) is 25.9 Å². The molecule has 0 saturated carbocycles. The fraction of sp³-hybridized carbons (Fsp3) is 0.367. The normalized spacial score (nSPS) is 15.9. The van der Waals surface area contributed by atoms with Gasteiger partial charge in [0.1, 0.15) is 0 Å². The van der Waals surface area contributed by atoms with Crippen LogP contribution >= 0.6 is 23.2 Å². The lowest BCUT2D eigenvalue weighted by Gasteiger charge is -2.33. The Morgan fingerprint density at radius 1 is 0.526 bits per heavy atom. The summed E-state index contributed by atoms with van der Waals surface area (Å²) in [7, 11) is 3.81. The molecule has 8 heterocycles. The Labute approximate surface area is 452 Å². The van der Waals surface area contributed by atoms with Crippen molar-refractivity contribution in [2.45, 2.75) is 90.5 Å². The second-order valence-electron chi connectivity index (χ2n) is 21.7. The van der Waals surface area contributed by atoms with Crippen LogP contribution in [0.2, 0.25) is 10.0 Å². The predicted octanol–water partition coefficient (Wildman–Crippen LogP) is 12.4. The number of halogens is 2. The van der Waals surface area contributed by atoms with Gasteiger partial charge in [0.25, 0.3) is 0 Å². The highest BCUT2D eigenvalue weighted by atomic mass is 35.5. The summed E-state index contributed by atoms with van der Waals surface area (Å²) < 4.78 is 20.0. The van der Waals surface area contributed by atoms with Crippen LogP contribution in [0.3, 0.4) is 0 Å². The third kappa shape index (κ3) is 9.69. The minimum Gasteiger partial charge on any atom is -0.386 e. The summed E-state index contributed by atoms with van der Waals surface area (Å²) >= 11 is 12.6. The van der Waals surface area contributed by atoms with Crippen LogP contribution in [0.1, 0.15) is 99.1 Å². The Bertz CT molecular complexity index is 3460. The lowest BCUT2D eigenvalue weighted by molar-refractivity contribution is 0.0551. The summed E-state index contributed by atoms with van der Waals surface area (Å²) in [5.74, 6) is 0.719. The van der Waals surface area contributed by atoms with Gasteiger partial charge in [-0.2, -0.15) is 0 Å². The molecule has 2 unspecified atom stereocenters. The Hall–Kier alpha value is -6.52. The molecule has 10 aromatic rings. The first-order valence-electron chi connectivity index (χ1n) is 26.2. The minimum absolute atomic E-state index is 0.0380. The quantitative estimate of drug-likeness (QED) is 0.135. The first kappa shape index (κ1) is 51.6. The third-order valence-electron chi connectivity index (χ3n) is 15.6. The van der Waals surface area contributed by atoms with E-state index in [1.54, 1.807) is 9.36 Å². The molecule has 0 aliphatic carbocycles. The van der Waals surface area contributed by atoms with E-state index in [1.165, 1.54) is 11.1 Å². The molecule has 2 saturated heterocycles. The number of hydrogen-bond donors (Lipinski definition) is 2. The van der Waals surface area contributed by atoms with E-state index in [-0.39, 0.29) is 12.1 Å². The standard InChI is InChI=1S/2C30H32ClN5O2/c2*1-18-28(35(4)34-33-18)21-15-26-27(32-17-21)24-10-7-22(30(2,3)37)16-25(24)36(26)29(20-11-13-38-14-12-20)19-5-8-23(31)9-6-19/h2*5-10,15-17,20,29,37H,11-14H2,1-4H3. The van der Waals surface area contributed by atoms with Gasteiger partial charge in [-0.05, 0) is 150 Å². The van der Waals surface area contributed by atoms with Gasteiger partial charge in [-0.1, -0.05) is 82.2 Å². The molecule has 0 bridgehead atoms. The minimum atomic E-state index is -0.972. The van der Waals surface area contributed by atoms with E-state index < -0.39 is 11.2 Å². The van der Waals surface area contributed by atoms with Crippen LogP contribution in [-0.4, -0.2) is 85.7 Å². The maximum Gasteiger partial charge on any atom is 0.0960 e. The van der Waals surface area contributed by atoms with Crippen molar-refractivity contribution in [3.8, 4) is 22.5 Å². The first-order chi connectivity index (χ1) is 36.4. The van der Waals surface area contributed by atoms with Crippen molar-refractivity contribution < 1.29 is 19.7 Å². The molecule has 2 fully saturated rings. The van der Waals surface area contributed by atoms with Gasteiger partial charge < -0.3 is 28.8 Å². The molecular formula is C60H64Cl2N10O4. The van der Waals surface area contributed by atoms with Crippen molar-refractivity contribution in [3.63, 3.8) is 0 Å². The Morgan fingerprint density at radius 3 is 1.22 bits per heavy atom. The number of ether oxygens (including phenoxy) is 2. The lowest BCUT2D eigenvalue weighted by atomic mass is 9.86. The SMILES string of the molecule is Cc1nnn(C)c1-c1cnc2c3ccc(C(C)(C)O)cc3n(C(c3ccc(Cl)cc3)C3CCOCC3)c2c1.Cc1nnn(C)c1-c1cnc2c3ccc(C(C)(C)O)cc3n(C(c3ccc(Cl)cc3)C3CCOCC3)c2c1. The molecule has 0 radical (unpaired) electrons. The largest absolute Gasteiger partial charge is 0.386 e. The van der Waals surface area contributed by atoms with Gasteiger partial charge in [-0.25, -0.2) is 9.36 Å². The fourth-order valence-corrected chi connectivity index (χ4v) is 12.0. The average molecular weight is 1060 g/mol. The molecule has 392 valence electrons. The number of pyridine rings is 2. The van der Waals surface area contributed by atoms with Crippen LogP contribution < -0.4 is 0 Å². The zero-order valence-electron chi connectivity index (χ0n) is 44.3. The zero-order valence-corrected chi connectivity index (χ0v) is 45.8. The van der Waals surface area contributed by atoms with E-state index in [1.807, 2.05) is 104 Å². The van der Waals surface area contributed by atoms with Gasteiger partial charge in [0.05, 0.1) is 79.2 Å². The highest BCUT2D eigenvalue weighted by Gasteiger charge is 2.33. The van der Waals surface area contributed by atoms with Crippen LogP contribution in [0, 0.1) is 25.7 Å². The molecule has 2 aliphatic rings. The van der Waals surface area contributed by atoms with E-state index in [0.717, 1.165) is 141 Å². The Kier molecular flexibility index (Phi) is 13.9. The molecule has 2 N–H and O–H groups in total. The maximum absolute atomic E-state index is 10.9. The smallest absolute Gasteiger partial charge is 0.0960 e. The molecule has 4 aromatic carbocycles. The van der Waals surface area contributed by atoms with Gasteiger partial charge in [0, 0.05) is 84.9 Å². The molecular weight excluding hydrogens is 996 g/mol. The highest BCUT2D eigenvalue weighted by Crippen LogP contribution is 2.45. The lowest BCUT2D eigenvalue weighted by Crippen LogP contribution is -2.27. The molecule has 14 nitrogen and oxygen atoms in total.